The van der Waals surface area contributed by atoms with Crippen molar-refractivity contribution in [2.45, 2.75) is 6.04 Å². The summed E-state index contributed by atoms with van der Waals surface area (Å²) in [4.78, 5) is 1.87. The summed E-state index contributed by atoms with van der Waals surface area (Å²) in [5.41, 5.74) is 5.44. The van der Waals surface area contributed by atoms with Gasteiger partial charge in [-0.2, -0.15) is 0 Å². The smallest absolute Gasteiger partial charge is 0.0558 e. The van der Waals surface area contributed by atoms with Crippen LogP contribution in [0.25, 0.3) is 0 Å². The lowest BCUT2D eigenvalue weighted by Gasteiger charge is -2.21. The van der Waals surface area contributed by atoms with Crippen LogP contribution in [0.15, 0.2) is 0 Å². The molecule has 0 aromatic carbocycles. The second kappa shape index (κ2) is 6.54. The first kappa shape index (κ1) is 10.8. The molecule has 0 aliphatic rings. The van der Waals surface area contributed by atoms with Crippen LogP contribution in [0.3, 0.4) is 0 Å². The summed E-state index contributed by atoms with van der Waals surface area (Å²) in [6.45, 7) is 5.50. The summed E-state index contributed by atoms with van der Waals surface area (Å²) in [5.74, 6) is 0. The fraction of sp³-hybridized carbons (Fsp3) is 0.857. The lowest BCUT2D eigenvalue weighted by atomic mass is 10.3. The van der Waals surface area contributed by atoms with Gasteiger partial charge in [0.15, 0.2) is 0 Å². The molecule has 4 nitrogen and oxygen atoms in total. The maximum absolute atomic E-state index is 8.59. The highest BCUT2D eigenvalue weighted by Gasteiger charge is 2.04. The van der Waals surface area contributed by atoms with Crippen LogP contribution >= 0.6 is 0 Å². The summed E-state index contributed by atoms with van der Waals surface area (Å²) in [6, 6.07) is -0.159. The molecule has 4 heteroatoms. The average Bonchev–Trinajstić information content (AvgIpc) is 1.87. The van der Waals surface area contributed by atoms with Gasteiger partial charge in [-0.15, -0.1) is 0 Å². The van der Waals surface area contributed by atoms with Crippen molar-refractivity contribution >= 4 is 0 Å². The fourth-order valence-corrected chi connectivity index (χ4v) is 0.909. The summed E-state index contributed by atoms with van der Waals surface area (Å²) in [6.07, 6.45) is 0. The lowest BCUT2D eigenvalue weighted by Crippen LogP contribution is -2.39. The molecule has 67 valence electrons. The van der Waals surface area contributed by atoms with E-state index in [4.69, 9.17) is 15.9 Å². The Hall–Kier alpha value is -0.160. The number of aliphatic hydroxyl groups is 2. The van der Waals surface area contributed by atoms with E-state index in [1.54, 1.807) is 0 Å². The van der Waals surface area contributed by atoms with Crippen molar-refractivity contribution in [3.05, 3.63) is 6.92 Å². The Kier molecular flexibility index (Phi) is 6.45. The molecule has 0 aromatic rings. The average molecular weight is 161 g/mol. The van der Waals surface area contributed by atoms with E-state index in [1.807, 2.05) is 4.90 Å². The molecule has 0 saturated carbocycles. The largest absolute Gasteiger partial charge is 0.395 e. The molecule has 0 heterocycles. The predicted octanol–water partition coefficient (Wildman–Crippen LogP) is -1.57. The summed E-state index contributed by atoms with van der Waals surface area (Å²) >= 11 is 0. The Morgan fingerprint density at radius 2 is 1.73 bits per heavy atom. The van der Waals surface area contributed by atoms with Gasteiger partial charge in [-0.1, -0.05) is 0 Å². The van der Waals surface area contributed by atoms with E-state index in [0.717, 1.165) is 0 Å². The number of hydrogen-bond acceptors (Lipinski definition) is 4. The van der Waals surface area contributed by atoms with E-state index in [9.17, 15) is 0 Å². The molecule has 4 N–H and O–H groups in total. The normalized spacial score (nSPS) is 13.9. The zero-order chi connectivity index (χ0) is 8.69. The van der Waals surface area contributed by atoms with Crippen molar-refractivity contribution in [1.29, 1.82) is 0 Å². The highest BCUT2D eigenvalue weighted by atomic mass is 16.3. The first-order chi connectivity index (χ1) is 5.20. The fourth-order valence-electron chi connectivity index (χ4n) is 0.909. The molecule has 0 spiro atoms. The van der Waals surface area contributed by atoms with Gasteiger partial charge in [0.1, 0.15) is 0 Å². The third-order valence-electron chi connectivity index (χ3n) is 1.33. The maximum Gasteiger partial charge on any atom is 0.0558 e. The molecule has 1 unspecified atom stereocenters. The molecule has 11 heavy (non-hydrogen) atoms. The summed E-state index contributed by atoms with van der Waals surface area (Å²) in [7, 11) is 0. The van der Waals surface area contributed by atoms with E-state index in [-0.39, 0.29) is 19.3 Å². The molecule has 0 fully saturated rings. The van der Waals surface area contributed by atoms with Gasteiger partial charge in [0.25, 0.3) is 0 Å². The van der Waals surface area contributed by atoms with Crippen LogP contribution in [0.5, 0.6) is 0 Å². The van der Waals surface area contributed by atoms with Gasteiger partial charge in [-0.3, -0.25) is 4.90 Å². The first-order valence-electron chi connectivity index (χ1n) is 3.73. The van der Waals surface area contributed by atoms with Gasteiger partial charge in [-0.05, 0) is 6.92 Å². The Labute approximate surface area is 67.6 Å². The van der Waals surface area contributed by atoms with E-state index >= 15 is 0 Å². The molecule has 0 aliphatic heterocycles. The number of aliphatic hydroxyl groups excluding tert-OH is 2. The van der Waals surface area contributed by atoms with E-state index in [2.05, 4.69) is 6.92 Å². The molecule has 0 aliphatic carbocycles. The summed E-state index contributed by atoms with van der Waals surface area (Å²) < 4.78 is 0. The number of nitrogens with two attached hydrogens (primary N) is 1. The van der Waals surface area contributed by atoms with Crippen LogP contribution in [0.4, 0.5) is 0 Å². The highest BCUT2D eigenvalue weighted by Crippen LogP contribution is 1.88. The van der Waals surface area contributed by atoms with Crippen molar-refractivity contribution in [2.24, 2.45) is 5.73 Å². The molecule has 0 bridgehead atoms. The molecular formula is C7H17N2O2. The van der Waals surface area contributed by atoms with Gasteiger partial charge in [-0.25, -0.2) is 0 Å². The molecule has 0 saturated heterocycles. The van der Waals surface area contributed by atoms with Crippen LogP contribution in [-0.2, 0) is 0 Å². The Bertz CT molecular complexity index is 82.5. The molecule has 0 amide bonds. The van der Waals surface area contributed by atoms with Crippen LogP contribution in [0, 0.1) is 6.92 Å². The minimum absolute atomic E-state index is 0.0900. The highest BCUT2D eigenvalue weighted by molar-refractivity contribution is 4.69. The van der Waals surface area contributed by atoms with Crippen molar-refractivity contribution in [2.75, 3.05) is 32.8 Å². The summed E-state index contributed by atoms with van der Waals surface area (Å²) in [5, 5.41) is 17.2. The topological polar surface area (TPSA) is 69.7 Å². The maximum atomic E-state index is 8.59. The number of nitrogens with zero attached hydrogens (tertiary/aromatic N) is 1. The van der Waals surface area contributed by atoms with Crippen LogP contribution < -0.4 is 5.73 Å². The van der Waals surface area contributed by atoms with Crippen molar-refractivity contribution in [3.63, 3.8) is 0 Å². The van der Waals surface area contributed by atoms with Gasteiger partial charge >= 0.3 is 0 Å². The minimum Gasteiger partial charge on any atom is -0.395 e. The predicted molar refractivity (Wildman–Crippen MR) is 43.9 cm³/mol. The third-order valence-corrected chi connectivity index (χ3v) is 1.33. The molecule has 1 atom stereocenters. The Morgan fingerprint density at radius 1 is 1.27 bits per heavy atom. The zero-order valence-corrected chi connectivity index (χ0v) is 6.74. The quantitative estimate of drug-likeness (QED) is 0.440. The van der Waals surface area contributed by atoms with E-state index in [1.165, 1.54) is 0 Å². The standard InChI is InChI=1S/C7H17N2O2/c1-7(8)6-9(2-4-10)3-5-11/h7,10-11H,1-6,8H2. The third kappa shape index (κ3) is 6.25. The van der Waals surface area contributed by atoms with Crippen molar-refractivity contribution in [1.82, 2.24) is 4.90 Å². The van der Waals surface area contributed by atoms with Gasteiger partial charge < -0.3 is 15.9 Å². The van der Waals surface area contributed by atoms with Crippen LogP contribution in [0.2, 0.25) is 0 Å². The second-order valence-corrected chi connectivity index (χ2v) is 2.51. The van der Waals surface area contributed by atoms with Crippen molar-refractivity contribution < 1.29 is 10.2 Å². The monoisotopic (exact) mass is 161 g/mol. The Morgan fingerprint density at radius 3 is 2.00 bits per heavy atom. The Balaban J connectivity index is 3.50. The number of rotatable bonds is 6. The van der Waals surface area contributed by atoms with Crippen molar-refractivity contribution in [3.8, 4) is 0 Å². The van der Waals surface area contributed by atoms with E-state index < -0.39 is 0 Å². The van der Waals surface area contributed by atoms with Gasteiger partial charge in [0.05, 0.1) is 13.2 Å². The second-order valence-electron chi connectivity index (χ2n) is 2.51. The SMILES string of the molecule is [CH2]C(N)CN(CCO)CCO. The molecule has 1 radical (unpaired) electrons. The molecule has 0 aromatic heterocycles. The van der Waals surface area contributed by atoms with Gasteiger partial charge in [0, 0.05) is 25.7 Å². The molecule has 0 rings (SSSR count). The molecular weight excluding hydrogens is 144 g/mol. The van der Waals surface area contributed by atoms with E-state index in [0.29, 0.717) is 19.6 Å². The zero-order valence-electron chi connectivity index (χ0n) is 6.74. The lowest BCUT2D eigenvalue weighted by molar-refractivity contribution is 0.159. The first-order valence-corrected chi connectivity index (χ1v) is 3.73. The van der Waals surface area contributed by atoms with Crippen LogP contribution in [0.1, 0.15) is 0 Å². The minimum atomic E-state index is -0.159. The van der Waals surface area contributed by atoms with Crippen LogP contribution in [-0.4, -0.2) is 54.0 Å². The van der Waals surface area contributed by atoms with Gasteiger partial charge in [0.2, 0.25) is 0 Å². The number of hydrogen-bond donors (Lipinski definition) is 3.